The molecule has 0 bridgehead atoms. The molecule has 0 spiro atoms. The number of hydrogen-bond acceptors (Lipinski definition) is 3. The fraction of sp³-hybridized carbons (Fsp3) is 0.467. The second-order valence-corrected chi connectivity index (χ2v) is 4.94. The van der Waals surface area contributed by atoms with Gasteiger partial charge in [0.25, 0.3) is 0 Å². The van der Waals surface area contributed by atoms with Crippen molar-refractivity contribution in [2.24, 2.45) is 5.41 Å². The Morgan fingerprint density at radius 3 is 2.33 bits per heavy atom. The highest BCUT2D eigenvalue weighted by atomic mass is 16.5. The minimum absolute atomic E-state index is 0.242. The van der Waals surface area contributed by atoms with E-state index < -0.39 is 0 Å². The molecular formula is C15H18N2O. The van der Waals surface area contributed by atoms with Crippen molar-refractivity contribution in [1.29, 1.82) is 10.5 Å². The van der Waals surface area contributed by atoms with Crippen LogP contribution in [0.4, 0.5) is 0 Å². The summed E-state index contributed by atoms with van der Waals surface area (Å²) in [6.07, 6.45) is 2.81. The van der Waals surface area contributed by atoms with E-state index >= 15 is 0 Å². The van der Waals surface area contributed by atoms with Gasteiger partial charge in [-0.3, -0.25) is 0 Å². The number of nitriles is 2. The average Bonchev–Trinajstić information content (AvgIpc) is 2.39. The van der Waals surface area contributed by atoms with Gasteiger partial charge in [0.05, 0.1) is 29.7 Å². The van der Waals surface area contributed by atoms with E-state index in [0.29, 0.717) is 12.2 Å². The minimum atomic E-state index is -0.242. The number of unbranched alkanes of at least 4 members (excludes halogenated alkanes) is 1. The maximum Gasteiger partial charge on any atom is 0.119 e. The number of hydrogen-bond donors (Lipinski definition) is 0. The van der Waals surface area contributed by atoms with Crippen molar-refractivity contribution in [2.45, 2.75) is 33.1 Å². The maximum atomic E-state index is 8.87. The van der Waals surface area contributed by atoms with E-state index in [0.717, 1.165) is 25.0 Å². The summed E-state index contributed by atoms with van der Waals surface area (Å²) in [5.74, 6) is 0.786. The van der Waals surface area contributed by atoms with Crippen molar-refractivity contribution in [2.75, 3.05) is 6.61 Å². The van der Waals surface area contributed by atoms with Crippen molar-refractivity contribution in [3.05, 3.63) is 29.8 Å². The molecule has 0 aliphatic heterocycles. The van der Waals surface area contributed by atoms with Gasteiger partial charge >= 0.3 is 0 Å². The van der Waals surface area contributed by atoms with E-state index in [1.165, 1.54) is 0 Å². The van der Waals surface area contributed by atoms with E-state index in [1.807, 2.05) is 13.8 Å². The minimum Gasteiger partial charge on any atom is -0.494 e. The van der Waals surface area contributed by atoms with Crippen LogP contribution in [0.3, 0.4) is 0 Å². The fourth-order valence-corrected chi connectivity index (χ4v) is 1.54. The van der Waals surface area contributed by atoms with Crippen LogP contribution in [-0.4, -0.2) is 6.61 Å². The van der Waals surface area contributed by atoms with Gasteiger partial charge in [0.1, 0.15) is 5.75 Å². The zero-order valence-electron chi connectivity index (χ0n) is 10.9. The molecule has 0 unspecified atom stereocenters. The number of ether oxygens (including phenoxy) is 1. The molecule has 3 heteroatoms. The highest BCUT2D eigenvalue weighted by Crippen LogP contribution is 2.21. The lowest BCUT2D eigenvalue weighted by Gasteiger charge is -2.14. The normalized spacial score (nSPS) is 10.4. The molecule has 0 aromatic heterocycles. The molecule has 0 atom stereocenters. The van der Waals surface area contributed by atoms with E-state index in [-0.39, 0.29) is 5.41 Å². The van der Waals surface area contributed by atoms with Gasteiger partial charge in [-0.05, 0) is 57.4 Å². The number of rotatable bonds is 6. The lowest BCUT2D eigenvalue weighted by Crippen LogP contribution is -2.08. The van der Waals surface area contributed by atoms with Gasteiger partial charge in [-0.1, -0.05) is 0 Å². The topological polar surface area (TPSA) is 56.8 Å². The summed E-state index contributed by atoms with van der Waals surface area (Å²) >= 11 is 0. The number of nitrogens with zero attached hydrogens (tertiary/aromatic N) is 2. The zero-order valence-corrected chi connectivity index (χ0v) is 10.9. The summed E-state index contributed by atoms with van der Waals surface area (Å²) in [4.78, 5) is 0. The van der Waals surface area contributed by atoms with E-state index in [1.54, 1.807) is 24.3 Å². The molecule has 1 aromatic carbocycles. The van der Waals surface area contributed by atoms with Crippen molar-refractivity contribution < 1.29 is 4.74 Å². The smallest absolute Gasteiger partial charge is 0.119 e. The van der Waals surface area contributed by atoms with Crippen molar-refractivity contribution in [3.63, 3.8) is 0 Å². The standard InChI is InChI=1S/C15H18N2O/c1-15(2,12-17)9-3-4-10-18-14-7-5-13(11-16)6-8-14/h5-8H,3-4,9-10H2,1-2H3. The molecule has 0 saturated carbocycles. The molecule has 0 aliphatic carbocycles. The summed E-state index contributed by atoms with van der Waals surface area (Å²) in [5, 5.41) is 17.5. The van der Waals surface area contributed by atoms with Gasteiger partial charge in [0, 0.05) is 0 Å². The molecule has 0 saturated heterocycles. The third-order valence-corrected chi connectivity index (χ3v) is 2.75. The van der Waals surface area contributed by atoms with Gasteiger partial charge in [-0.15, -0.1) is 0 Å². The Labute approximate surface area is 109 Å². The Kier molecular flexibility index (Phi) is 5.21. The molecule has 0 aliphatic rings. The van der Waals surface area contributed by atoms with Gasteiger partial charge in [0.15, 0.2) is 0 Å². The Balaban J connectivity index is 2.22. The first-order chi connectivity index (χ1) is 8.57. The average molecular weight is 242 g/mol. The van der Waals surface area contributed by atoms with Crippen molar-refractivity contribution in [3.8, 4) is 17.9 Å². The van der Waals surface area contributed by atoms with Crippen LogP contribution < -0.4 is 4.74 Å². The molecule has 0 fully saturated rings. The van der Waals surface area contributed by atoms with Gasteiger partial charge in [-0.25, -0.2) is 0 Å². The molecule has 0 radical (unpaired) electrons. The lowest BCUT2D eigenvalue weighted by atomic mass is 9.89. The molecule has 3 nitrogen and oxygen atoms in total. The van der Waals surface area contributed by atoms with E-state index in [4.69, 9.17) is 15.3 Å². The molecule has 1 rings (SSSR count). The fourth-order valence-electron chi connectivity index (χ4n) is 1.54. The Hall–Kier alpha value is -2.00. The van der Waals surface area contributed by atoms with Crippen LogP contribution in [0.25, 0.3) is 0 Å². The van der Waals surface area contributed by atoms with Crippen LogP contribution in [0, 0.1) is 28.1 Å². The van der Waals surface area contributed by atoms with Crippen LogP contribution >= 0.6 is 0 Å². The second-order valence-electron chi connectivity index (χ2n) is 4.94. The van der Waals surface area contributed by atoms with E-state index in [9.17, 15) is 0 Å². The zero-order chi connectivity index (χ0) is 13.4. The molecule has 0 heterocycles. The summed E-state index contributed by atoms with van der Waals surface area (Å²) in [6, 6.07) is 11.5. The van der Waals surface area contributed by atoms with Crippen molar-refractivity contribution in [1.82, 2.24) is 0 Å². The van der Waals surface area contributed by atoms with Gasteiger partial charge in [0.2, 0.25) is 0 Å². The lowest BCUT2D eigenvalue weighted by molar-refractivity contribution is 0.295. The quantitative estimate of drug-likeness (QED) is 0.715. The maximum absolute atomic E-state index is 8.87. The first kappa shape index (κ1) is 14.1. The first-order valence-electron chi connectivity index (χ1n) is 6.11. The van der Waals surface area contributed by atoms with Crippen LogP contribution in [-0.2, 0) is 0 Å². The van der Waals surface area contributed by atoms with Gasteiger partial charge in [-0.2, -0.15) is 10.5 Å². The predicted molar refractivity (Wildman–Crippen MR) is 69.9 cm³/mol. The Morgan fingerprint density at radius 1 is 1.11 bits per heavy atom. The Bertz CT molecular complexity index is 449. The molecule has 18 heavy (non-hydrogen) atoms. The largest absolute Gasteiger partial charge is 0.494 e. The predicted octanol–water partition coefficient (Wildman–Crippen LogP) is 3.66. The summed E-state index contributed by atoms with van der Waals surface area (Å²) in [5.41, 5.74) is 0.396. The van der Waals surface area contributed by atoms with Gasteiger partial charge < -0.3 is 4.74 Å². The SMILES string of the molecule is CC(C)(C#N)CCCCOc1ccc(C#N)cc1. The second kappa shape index (κ2) is 6.67. The van der Waals surface area contributed by atoms with Crippen LogP contribution in [0.5, 0.6) is 5.75 Å². The molecular weight excluding hydrogens is 224 g/mol. The van der Waals surface area contributed by atoms with E-state index in [2.05, 4.69) is 12.1 Å². The van der Waals surface area contributed by atoms with Crippen molar-refractivity contribution >= 4 is 0 Å². The van der Waals surface area contributed by atoms with Crippen LogP contribution in [0.15, 0.2) is 24.3 Å². The van der Waals surface area contributed by atoms with Crippen LogP contribution in [0.1, 0.15) is 38.7 Å². The molecule has 0 amide bonds. The monoisotopic (exact) mass is 242 g/mol. The number of benzene rings is 1. The molecule has 0 N–H and O–H groups in total. The molecule has 1 aromatic rings. The summed E-state index contributed by atoms with van der Waals surface area (Å²) in [7, 11) is 0. The summed E-state index contributed by atoms with van der Waals surface area (Å²) < 4.78 is 5.56. The first-order valence-corrected chi connectivity index (χ1v) is 6.11. The third-order valence-electron chi connectivity index (χ3n) is 2.75. The third kappa shape index (κ3) is 4.89. The summed E-state index contributed by atoms with van der Waals surface area (Å²) in [6.45, 7) is 4.55. The highest BCUT2D eigenvalue weighted by Gasteiger charge is 2.15. The van der Waals surface area contributed by atoms with Crippen LogP contribution in [0.2, 0.25) is 0 Å². The molecule has 94 valence electrons. The highest BCUT2D eigenvalue weighted by molar-refractivity contribution is 5.34. The Morgan fingerprint density at radius 2 is 1.78 bits per heavy atom.